The Balaban J connectivity index is 1.85. The Kier molecular flexibility index (Phi) is 5.05. The number of alkyl halides is 3. The molecule has 0 unspecified atom stereocenters. The molecule has 9 heteroatoms. The quantitative estimate of drug-likeness (QED) is 0.645. The summed E-state index contributed by atoms with van der Waals surface area (Å²) in [4.78, 5) is 16.4. The fraction of sp³-hybridized carbons (Fsp3) is 0.222. The maximum Gasteiger partial charge on any atom is 0.417 e. The molecule has 0 aliphatic carbocycles. The number of nitrogens with one attached hydrogen (secondary N) is 1. The fourth-order valence-corrected chi connectivity index (χ4v) is 3.81. The van der Waals surface area contributed by atoms with Gasteiger partial charge < -0.3 is 11.1 Å². The van der Waals surface area contributed by atoms with E-state index in [0.29, 0.717) is 5.56 Å². The number of thiophene rings is 1. The lowest BCUT2D eigenvalue weighted by Gasteiger charge is -2.09. The Hall–Kier alpha value is -2.68. The molecule has 2 heterocycles. The van der Waals surface area contributed by atoms with Gasteiger partial charge in [-0.05, 0) is 31.0 Å². The van der Waals surface area contributed by atoms with Gasteiger partial charge in [-0.15, -0.1) is 11.3 Å². The number of carbonyl (C=O) groups excluding carboxylic acids is 1. The van der Waals surface area contributed by atoms with E-state index in [2.05, 4.69) is 10.3 Å². The molecule has 2 aromatic heterocycles. The van der Waals surface area contributed by atoms with Crippen LogP contribution in [0.25, 0.3) is 10.2 Å². The second kappa shape index (κ2) is 7.15. The third-order valence-corrected chi connectivity index (χ3v) is 5.07. The number of nitrogens with zero attached hydrogens (tertiary/aromatic N) is 1. The van der Waals surface area contributed by atoms with Gasteiger partial charge in [-0.25, -0.2) is 9.37 Å². The molecule has 0 spiro atoms. The summed E-state index contributed by atoms with van der Waals surface area (Å²) in [5.41, 5.74) is 5.29. The summed E-state index contributed by atoms with van der Waals surface area (Å²) < 4.78 is 53.5. The van der Waals surface area contributed by atoms with Crippen LogP contribution in [0.3, 0.4) is 0 Å². The van der Waals surface area contributed by atoms with Gasteiger partial charge in [-0.1, -0.05) is 18.2 Å². The van der Waals surface area contributed by atoms with Crippen molar-refractivity contribution in [1.29, 1.82) is 0 Å². The van der Waals surface area contributed by atoms with Crippen LogP contribution in [-0.4, -0.2) is 17.4 Å². The third kappa shape index (κ3) is 3.87. The normalized spacial score (nSPS) is 11.7. The van der Waals surface area contributed by atoms with Crippen LogP contribution in [0.4, 0.5) is 23.2 Å². The molecule has 27 heavy (non-hydrogen) atoms. The van der Waals surface area contributed by atoms with Crippen molar-refractivity contribution in [3.8, 4) is 0 Å². The number of benzene rings is 1. The molecular formula is C18H15F4N3OS. The maximum absolute atomic E-state index is 13.6. The molecule has 1 aromatic carbocycles. The van der Waals surface area contributed by atoms with Gasteiger partial charge in [0, 0.05) is 17.6 Å². The highest BCUT2D eigenvalue weighted by Crippen LogP contribution is 2.42. The zero-order chi connectivity index (χ0) is 19.8. The van der Waals surface area contributed by atoms with Crippen molar-refractivity contribution >= 4 is 33.1 Å². The van der Waals surface area contributed by atoms with Crippen LogP contribution < -0.4 is 11.1 Å². The average molecular weight is 397 g/mol. The zero-order valence-electron chi connectivity index (χ0n) is 14.2. The second-order valence-corrected chi connectivity index (χ2v) is 6.93. The van der Waals surface area contributed by atoms with Gasteiger partial charge in [-0.2, -0.15) is 13.2 Å². The first-order valence-electron chi connectivity index (χ1n) is 7.97. The third-order valence-electron chi connectivity index (χ3n) is 3.98. The van der Waals surface area contributed by atoms with Crippen molar-refractivity contribution in [3.63, 3.8) is 0 Å². The lowest BCUT2D eigenvalue weighted by atomic mass is 10.1. The number of nitrogens with two attached hydrogens (primary N) is 1. The van der Waals surface area contributed by atoms with Crippen LogP contribution in [0.2, 0.25) is 0 Å². The summed E-state index contributed by atoms with van der Waals surface area (Å²) in [5.74, 6) is -1.000. The van der Waals surface area contributed by atoms with Crippen molar-refractivity contribution < 1.29 is 22.4 Å². The Morgan fingerprint density at radius 3 is 2.67 bits per heavy atom. The van der Waals surface area contributed by atoms with Crippen LogP contribution in [0.15, 0.2) is 30.3 Å². The summed E-state index contributed by atoms with van der Waals surface area (Å²) in [7, 11) is 0. The molecule has 4 nitrogen and oxygen atoms in total. The first kappa shape index (κ1) is 19.1. The number of amides is 1. The smallest absolute Gasteiger partial charge is 0.397 e. The van der Waals surface area contributed by atoms with Crippen LogP contribution in [0, 0.1) is 12.7 Å². The van der Waals surface area contributed by atoms with E-state index in [1.165, 1.54) is 13.0 Å². The largest absolute Gasteiger partial charge is 0.417 e. The fourth-order valence-electron chi connectivity index (χ4n) is 2.73. The molecule has 0 saturated heterocycles. The van der Waals surface area contributed by atoms with Crippen LogP contribution in [0.5, 0.6) is 0 Å². The number of pyridine rings is 1. The monoisotopic (exact) mass is 397 g/mol. The summed E-state index contributed by atoms with van der Waals surface area (Å²) >= 11 is 0.804. The Morgan fingerprint density at radius 1 is 1.30 bits per heavy atom. The minimum atomic E-state index is -4.61. The molecule has 0 bridgehead atoms. The SMILES string of the molecule is Cc1cc(C(F)(F)F)c2c(N)c(C(=O)NCCc3ccccc3F)sc2n1. The lowest BCUT2D eigenvalue weighted by Crippen LogP contribution is -2.25. The molecule has 3 aromatic rings. The number of halogens is 4. The van der Waals surface area contributed by atoms with Gasteiger partial charge in [0.25, 0.3) is 5.91 Å². The number of nitrogen functional groups attached to an aromatic ring is 1. The van der Waals surface area contributed by atoms with E-state index in [9.17, 15) is 22.4 Å². The number of aryl methyl sites for hydroxylation is 1. The standard InChI is InChI=1S/C18H15F4N3OS/c1-9-8-11(18(20,21)22)13-14(23)15(27-17(13)25-9)16(26)24-7-6-10-4-2-3-5-12(10)19/h2-5,8H,6-7,23H2,1H3,(H,24,26). The van der Waals surface area contributed by atoms with Gasteiger partial charge in [0.05, 0.1) is 11.3 Å². The van der Waals surface area contributed by atoms with E-state index in [4.69, 9.17) is 5.73 Å². The molecule has 0 aliphatic heterocycles. The molecular weight excluding hydrogens is 382 g/mol. The highest BCUT2D eigenvalue weighted by Gasteiger charge is 2.35. The van der Waals surface area contributed by atoms with Crippen LogP contribution in [0.1, 0.15) is 26.5 Å². The highest BCUT2D eigenvalue weighted by atomic mass is 32.1. The van der Waals surface area contributed by atoms with E-state index >= 15 is 0 Å². The molecule has 3 N–H and O–H groups in total. The molecule has 0 fully saturated rings. The predicted molar refractivity (Wildman–Crippen MR) is 96.2 cm³/mol. The summed E-state index contributed by atoms with van der Waals surface area (Å²) in [6, 6.07) is 7.05. The summed E-state index contributed by atoms with van der Waals surface area (Å²) in [6.07, 6.45) is -4.37. The Morgan fingerprint density at radius 2 is 2.00 bits per heavy atom. The number of fused-ring (bicyclic) bond motifs is 1. The van der Waals surface area contributed by atoms with Crippen LogP contribution in [-0.2, 0) is 12.6 Å². The number of aromatic nitrogens is 1. The molecule has 0 atom stereocenters. The highest BCUT2D eigenvalue weighted by molar-refractivity contribution is 7.21. The maximum atomic E-state index is 13.6. The zero-order valence-corrected chi connectivity index (χ0v) is 15.0. The van der Waals surface area contributed by atoms with Crippen molar-refractivity contribution in [2.45, 2.75) is 19.5 Å². The topological polar surface area (TPSA) is 68.0 Å². The average Bonchev–Trinajstić information content (AvgIpc) is 2.91. The minimum Gasteiger partial charge on any atom is -0.397 e. The van der Waals surface area contributed by atoms with Gasteiger partial charge in [0.2, 0.25) is 0 Å². The number of anilines is 1. The number of rotatable bonds is 4. The second-order valence-electron chi connectivity index (χ2n) is 5.93. The Labute approximate surface area is 156 Å². The molecule has 3 rings (SSSR count). The molecule has 0 saturated carbocycles. The van der Waals surface area contributed by atoms with Crippen molar-refractivity contribution in [1.82, 2.24) is 10.3 Å². The molecule has 1 amide bonds. The first-order valence-corrected chi connectivity index (χ1v) is 8.78. The van der Waals surface area contributed by atoms with E-state index in [-0.39, 0.29) is 45.3 Å². The van der Waals surface area contributed by atoms with E-state index in [1.54, 1.807) is 18.2 Å². The van der Waals surface area contributed by atoms with Gasteiger partial charge >= 0.3 is 6.18 Å². The lowest BCUT2D eigenvalue weighted by molar-refractivity contribution is -0.136. The van der Waals surface area contributed by atoms with Gasteiger partial charge in [0.1, 0.15) is 15.5 Å². The van der Waals surface area contributed by atoms with Crippen LogP contribution >= 0.6 is 11.3 Å². The first-order chi connectivity index (χ1) is 12.7. The van der Waals surface area contributed by atoms with Gasteiger partial charge in [-0.3, -0.25) is 4.79 Å². The van der Waals surface area contributed by atoms with Crippen molar-refractivity contribution in [2.75, 3.05) is 12.3 Å². The van der Waals surface area contributed by atoms with Gasteiger partial charge in [0.15, 0.2) is 0 Å². The predicted octanol–water partition coefficient (Wildman–Crippen LogP) is 4.32. The minimum absolute atomic E-state index is 0.0397. The molecule has 0 radical (unpaired) electrons. The Bertz CT molecular complexity index is 1010. The number of carbonyl (C=O) groups is 1. The van der Waals surface area contributed by atoms with Crippen molar-refractivity contribution in [2.24, 2.45) is 0 Å². The van der Waals surface area contributed by atoms with Crippen molar-refractivity contribution in [3.05, 3.63) is 57.8 Å². The number of hydrogen-bond acceptors (Lipinski definition) is 4. The summed E-state index contributed by atoms with van der Waals surface area (Å²) in [5, 5.41) is 2.30. The molecule has 142 valence electrons. The van der Waals surface area contributed by atoms with E-state index in [0.717, 1.165) is 17.4 Å². The van der Waals surface area contributed by atoms with E-state index < -0.39 is 17.6 Å². The molecule has 0 aliphatic rings. The number of hydrogen-bond donors (Lipinski definition) is 2. The van der Waals surface area contributed by atoms with E-state index in [1.807, 2.05) is 0 Å². The summed E-state index contributed by atoms with van der Waals surface area (Å²) in [6.45, 7) is 1.56.